The predicted molar refractivity (Wildman–Crippen MR) is 88.0 cm³/mol. The summed E-state index contributed by atoms with van der Waals surface area (Å²) in [5.74, 6) is -0.553. The van der Waals surface area contributed by atoms with Crippen molar-refractivity contribution in [3.8, 4) is 0 Å². The van der Waals surface area contributed by atoms with Gasteiger partial charge in [0, 0.05) is 29.7 Å². The second-order valence-electron chi connectivity index (χ2n) is 6.22. The van der Waals surface area contributed by atoms with Gasteiger partial charge in [0.15, 0.2) is 0 Å². The topological polar surface area (TPSA) is 69.6 Å². The lowest BCUT2D eigenvalue weighted by molar-refractivity contribution is -0.141. The van der Waals surface area contributed by atoms with E-state index in [0.29, 0.717) is 41.4 Å². The molecule has 1 heterocycles. The molecule has 1 aromatic rings. The number of hydrogen-bond acceptors (Lipinski definition) is 2. The summed E-state index contributed by atoms with van der Waals surface area (Å²) in [4.78, 5) is 24.6. The van der Waals surface area contributed by atoms with Gasteiger partial charge in [-0.1, -0.05) is 29.3 Å². The lowest BCUT2D eigenvalue weighted by Gasteiger charge is -2.16. The number of likely N-dealkylation sites (tertiary alicyclic amines) is 1. The lowest BCUT2D eigenvalue weighted by atomic mass is 10.1. The molecule has 3 rings (SSSR count). The number of carbonyl (C=O) groups is 2. The van der Waals surface area contributed by atoms with Crippen molar-refractivity contribution in [3.05, 3.63) is 33.8 Å². The summed E-state index contributed by atoms with van der Waals surface area (Å²) in [6, 6.07) is 5.33. The summed E-state index contributed by atoms with van der Waals surface area (Å²) in [7, 11) is 0. The van der Waals surface area contributed by atoms with Crippen molar-refractivity contribution in [2.24, 2.45) is 11.8 Å². The summed E-state index contributed by atoms with van der Waals surface area (Å²) < 4.78 is 0. The summed E-state index contributed by atoms with van der Waals surface area (Å²) in [6.07, 6.45) is 1.51. The number of nitrogens with one attached hydrogen (secondary N) is 1. The minimum Gasteiger partial charge on any atom is -0.481 e. The molecule has 1 saturated heterocycles. The Bertz CT molecular complexity index is 638. The molecule has 0 radical (unpaired) electrons. The molecule has 7 heteroatoms. The normalized spacial score (nSPS) is 26.2. The first-order valence-corrected chi connectivity index (χ1v) is 8.42. The fourth-order valence-electron chi connectivity index (χ4n) is 3.13. The van der Waals surface area contributed by atoms with Gasteiger partial charge in [-0.15, -0.1) is 0 Å². The highest BCUT2D eigenvalue weighted by Crippen LogP contribution is 2.49. The summed E-state index contributed by atoms with van der Waals surface area (Å²) >= 11 is 12.1. The molecule has 0 spiro atoms. The largest absolute Gasteiger partial charge is 0.481 e. The van der Waals surface area contributed by atoms with Crippen LogP contribution in [0.3, 0.4) is 0 Å². The molecule has 1 saturated carbocycles. The fourth-order valence-corrected chi connectivity index (χ4v) is 3.68. The van der Waals surface area contributed by atoms with Crippen molar-refractivity contribution < 1.29 is 14.7 Å². The van der Waals surface area contributed by atoms with Crippen LogP contribution < -0.4 is 5.32 Å². The van der Waals surface area contributed by atoms with Crippen molar-refractivity contribution in [3.63, 3.8) is 0 Å². The molecule has 1 aliphatic heterocycles. The van der Waals surface area contributed by atoms with Crippen LogP contribution in [-0.4, -0.2) is 41.6 Å². The first kappa shape index (κ1) is 16.4. The van der Waals surface area contributed by atoms with E-state index in [0.717, 1.165) is 12.0 Å². The number of rotatable bonds is 4. The van der Waals surface area contributed by atoms with Crippen LogP contribution in [0.25, 0.3) is 0 Å². The number of urea groups is 1. The van der Waals surface area contributed by atoms with Gasteiger partial charge in [-0.25, -0.2) is 4.79 Å². The molecule has 0 bridgehead atoms. The van der Waals surface area contributed by atoms with Gasteiger partial charge in [0.25, 0.3) is 0 Å². The van der Waals surface area contributed by atoms with E-state index < -0.39 is 11.9 Å². The maximum Gasteiger partial charge on any atom is 0.317 e. The molecule has 2 aliphatic rings. The molecule has 2 N–H and O–H groups in total. The Morgan fingerprint density at radius 1 is 1.35 bits per heavy atom. The van der Waals surface area contributed by atoms with E-state index >= 15 is 0 Å². The van der Waals surface area contributed by atoms with E-state index in [1.807, 2.05) is 12.1 Å². The molecule has 2 amide bonds. The van der Waals surface area contributed by atoms with Crippen LogP contribution >= 0.6 is 23.2 Å². The Kier molecular flexibility index (Phi) is 4.69. The van der Waals surface area contributed by atoms with Gasteiger partial charge >= 0.3 is 12.0 Å². The first-order chi connectivity index (χ1) is 11.0. The minimum atomic E-state index is -0.833. The quantitative estimate of drug-likeness (QED) is 0.869. The number of carboxylic acid groups (broad SMARTS) is 1. The zero-order valence-electron chi connectivity index (χ0n) is 12.5. The Morgan fingerprint density at radius 2 is 2.13 bits per heavy atom. The highest BCUT2D eigenvalue weighted by Gasteiger charge is 2.40. The Balaban J connectivity index is 1.47. The summed E-state index contributed by atoms with van der Waals surface area (Å²) in [5.41, 5.74) is 1.07. The second kappa shape index (κ2) is 6.57. The number of benzene rings is 1. The fraction of sp³-hybridized carbons (Fsp3) is 0.500. The number of hydrogen-bond donors (Lipinski definition) is 2. The number of carbonyl (C=O) groups excluding carboxylic acids is 1. The molecule has 23 heavy (non-hydrogen) atoms. The van der Waals surface area contributed by atoms with Gasteiger partial charge in [0.1, 0.15) is 0 Å². The van der Waals surface area contributed by atoms with Crippen LogP contribution in [0.1, 0.15) is 24.3 Å². The third kappa shape index (κ3) is 3.72. The molecule has 2 fully saturated rings. The number of nitrogens with zero attached hydrogens (tertiary/aromatic N) is 1. The minimum absolute atomic E-state index is 0.179. The van der Waals surface area contributed by atoms with Gasteiger partial charge in [0.05, 0.1) is 5.92 Å². The maximum absolute atomic E-state index is 12.1. The van der Waals surface area contributed by atoms with Crippen LogP contribution in [-0.2, 0) is 4.79 Å². The molecule has 1 unspecified atom stereocenters. The van der Waals surface area contributed by atoms with Crippen LogP contribution in [0.2, 0.25) is 10.0 Å². The maximum atomic E-state index is 12.1. The first-order valence-electron chi connectivity index (χ1n) is 7.66. The van der Waals surface area contributed by atoms with Crippen LogP contribution in [0.5, 0.6) is 0 Å². The van der Waals surface area contributed by atoms with Crippen LogP contribution in [0.4, 0.5) is 4.79 Å². The Hall–Kier alpha value is -1.46. The van der Waals surface area contributed by atoms with Crippen molar-refractivity contribution in [1.29, 1.82) is 0 Å². The number of carboxylic acids is 1. The lowest BCUT2D eigenvalue weighted by Crippen LogP contribution is -2.39. The van der Waals surface area contributed by atoms with E-state index in [-0.39, 0.29) is 12.6 Å². The third-order valence-corrected chi connectivity index (χ3v) is 5.19. The highest BCUT2D eigenvalue weighted by atomic mass is 35.5. The molecular weight excluding hydrogens is 339 g/mol. The molecule has 5 nitrogen and oxygen atoms in total. The van der Waals surface area contributed by atoms with E-state index in [1.54, 1.807) is 11.0 Å². The molecule has 3 atom stereocenters. The Morgan fingerprint density at radius 3 is 2.78 bits per heavy atom. The zero-order valence-corrected chi connectivity index (χ0v) is 14.0. The van der Waals surface area contributed by atoms with Crippen LogP contribution in [0.15, 0.2) is 18.2 Å². The van der Waals surface area contributed by atoms with E-state index in [1.165, 1.54) is 0 Å². The SMILES string of the molecule is O=C(O)C1CCN(C(=O)NC[C@@H]2C[C@H]2c2ccc(Cl)cc2Cl)C1. The van der Waals surface area contributed by atoms with Gasteiger partial charge in [-0.2, -0.15) is 0 Å². The summed E-state index contributed by atoms with van der Waals surface area (Å²) in [5, 5.41) is 13.2. The van der Waals surface area contributed by atoms with Crippen molar-refractivity contribution in [2.45, 2.75) is 18.8 Å². The standard InChI is InChI=1S/C16H18Cl2N2O3/c17-11-1-2-12(14(18)6-11)13-5-10(13)7-19-16(23)20-4-3-9(8-20)15(21)22/h1-2,6,9-10,13H,3-5,7-8H2,(H,19,23)(H,21,22)/t9?,10-,13+/m0/s1. The average molecular weight is 357 g/mol. The number of aliphatic carboxylic acids is 1. The van der Waals surface area contributed by atoms with Gasteiger partial charge in [-0.05, 0) is 42.4 Å². The molecular formula is C16H18Cl2N2O3. The highest BCUT2D eigenvalue weighted by molar-refractivity contribution is 6.35. The second-order valence-corrected chi connectivity index (χ2v) is 7.07. The van der Waals surface area contributed by atoms with Crippen molar-refractivity contribution in [2.75, 3.05) is 19.6 Å². The van der Waals surface area contributed by atoms with Crippen LogP contribution in [0, 0.1) is 11.8 Å². The molecule has 0 aromatic heterocycles. The number of halogens is 2. The average Bonchev–Trinajstić information content (AvgIpc) is 3.07. The van der Waals surface area contributed by atoms with E-state index in [9.17, 15) is 9.59 Å². The van der Waals surface area contributed by atoms with Gasteiger partial charge < -0.3 is 15.3 Å². The molecule has 124 valence electrons. The van der Waals surface area contributed by atoms with Gasteiger partial charge in [0.2, 0.25) is 0 Å². The Labute approximate surface area is 144 Å². The predicted octanol–water partition coefficient (Wildman–Crippen LogP) is 3.21. The zero-order chi connectivity index (χ0) is 16.6. The smallest absolute Gasteiger partial charge is 0.317 e. The van der Waals surface area contributed by atoms with E-state index in [2.05, 4.69) is 5.32 Å². The monoisotopic (exact) mass is 356 g/mol. The molecule has 1 aromatic carbocycles. The summed E-state index contributed by atoms with van der Waals surface area (Å²) in [6.45, 7) is 1.37. The number of amides is 2. The third-order valence-electron chi connectivity index (χ3n) is 4.62. The van der Waals surface area contributed by atoms with Gasteiger partial charge in [-0.3, -0.25) is 4.79 Å². The van der Waals surface area contributed by atoms with Crippen molar-refractivity contribution in [1.82, 2.24) is 10.2 Å². The van der Waals surface area contributed by atoms with Crippen molar-refractivity contribution >= 4 is 35.2 Å². The van der Waals surface area contributed by atoms with E-state index in [4.69, 9.17) is 28.3 Å². The molecule has 1 aliphatic carbocycles.